The van der Waals surface area contributed by atoms with Crippen LogP contribution in [0.5, 0.6) is 5.75 Å². The molecular weight excluding hydrogens is 388 g/mol. The van der Waals surface area contributed by atoms with Crippen LogP contribution in [0.15, 0.2) is 48.5 Å². The number of aromatic nitrogens is 5. The first-order valence-corrected chi connectivity index (χ1v) is 9.72. The van der Waals surface area contributed by atoms with Crippen molar-refractivity contribution < 1.29 is 9.53 Å². The second-order valence-corrected chi connectivity index (χ2v) is 7.25. The molecule has 2 heterocycles. The molecule has 2 aromatic carbocycles. The lowest BCUT2D eigenvalue weighted by Gasteiger charge is -2.07. The number of para-hydroxylation sites is 1. The zero-order chi connectivity index (χ0) is 20.1. The number of H-pyrrole nitrogens is 1. The van der Waals surface area contributed by atoms with Gasteiger partial charge in [0.1, 0.15) is 10.8 Å². The van der Waals surface area contributed by atoms with Crippen LogP contribution >= 0.6 is 11.3 Å². The van der Waals surface area contributed by atoms with Crippen molar-refractivity contribution in [2.75, 3.05) is 7.11 Å². The highest BCUT2D eigenvalue weighted by Gasteiger charge is 2.14. The van der Waals surface area contributed by atoms with Crippen molar-refractivity contribution in [3.05, 3.63) is 64.9 Å². The van der Waals surface area contributed by atoms with Crippen molar-refractivity contribution in [3.8, 4) is 5.75 Å². The molecule has 9 heteroatoms. The van der Waals surface area contributed by atoms with Gasteiger partial charge in [0.05, 0.1) is 30.3 Å². The van der Waals surface area contributed by atoms with E-state index in [0.717, 1.165) is 32.1 Å². The van der Waals surface area contributed by atoms with Gasteiger partial charge in [0.25, 0.3) is 0 Å². The van der Waals surface area contributed by atoms with Crippen molar-refractivity contribution in [2.24, 2.45) is 0 Å². The van der Waals surface area contributed by atoms with E-state index in [4.69, 9.17) is 9.72 Å². The summed E-state index contributed by atoms with van der Waals surface area (Å²) in [5.74, 6) is 1.03. The molecule has 0 spiro atoms. The molecule has 0 saturated heterocycles. The normalized spacial score (nSPS) is 11.6. The fraction of sp³-hybridized carbons (Fsp3) is 0.150. The second-order valence-electron chi connectivity index (χ2n) is 6.21. The maximum absolute atomic E-state index is 12.6. The number of benzene rings is 2. The molecule has 8 nitrogen and oxygen atoms in total. The molecule has 0 fully saturated rings. The van der Waals surface area contributed by atoms with Gasteiger partial charge >= 0.3 is 0 Å². The number of rotatable bonds is 7. The van der Waals surface area contributed by atoms with Gasteiger partial charge in [-0.2, -0.15) is 5.21 Å². The summed E-state index contributed by atoms with van der Waals surface area (Å²) in [7, 11) is 1.63. The van der Waals surface area contributed by atoms with Crippen LogP contribution in [0, 0.1) is 0 Å². The minimum absolute atomic E-state index is 0.150. The summed E-state index contributed by atoms with van der Waals surface area (Å²) in [6, 6.07) is 15.6. The average molecular weight is 406 g/mol. The standard InChI is InChI=1S/C20H18N6O2S/c1-28-15-6-4-5-13(10-15)9-14(11-19(27)21-12-18-23-25-26-24-18)20-22-16-7-2-3-8-17(16)29-20/h2-10H,11-12H2,1H3,(H,21,27)(H,23,24,25,26)/b14-9-. The molecule has 0 aliphatic rings. The molecule has 0 saturated carbocycles. The SMILES string of the molecule is COc1cccc(/C=C(/CC(=O)NCc2nn[nH]n2)c2nc3ccccc3s2)c1. The number of carbonyl (C=O) groups is 1. The lowest BCUT2D eigenvalue weighted by Crippen LogP contribution is -2.23. The van der Waals surface area contributed by atoms with E-state index < -0.39 is 0 Å². The van der Waals surface area contributed by atoms with E-state index >= 15 is 0 Å². The number of aromatic amines is 1. The molecule has 2 aromatic heterocycles. The molecule has 1 amide bonds. The van der Waals surface area contributed by atoms with Crippen LogP contribution in [0.1, 0.15) is 22.8 Å². The summed E-state index contributed by atoms with van der Waals surface area (Å²) in [6.45, 7) is 0.210. The number of hydrogen-bond donors (Lipinski definition) is 2. The first-order valence-electron chi connectivity index (χ1n) is 8.91. The smallest absolute Gasteiger partial charge is 0.224 e. The van der Waals surface area contributed by atoms with Gasteiger partial charge < -0.3 is 10.1 Å². The van der Waals surface area contributed by atoms with E-state index in [2.05, 4.69) is 25.9 Å². The second kappa shape index (κ2) is 8.61. The number of tetrazole rings is 1. The highest BCUT2D eigenvalue weighted by atomic mass is 32.1. The van der Waals surface area contributed by atoms with Crippen LogP contribution in [0.4, 0.5) is 0 Å². The number of nitrogens with one attached hydrogen (secondary N) is 2. The quantitative estimate of drug-likeness (QED) is 0.489. The lowest BCUT2D eigenvalue weighted by molar-refractivity contribution is -0.120. The van der Waals surface area contributed by atoms with Gasteiger partial charge in [-0.1, -0.05) is 29.5 Å². The molecule has 0 aliphatic heterocycles. The summed E-state index contributed by atoms with van der Waals surface area (Å²) < 4.78 is 6.38. The molecule has 2 N–H and O–H groups in total. The third-order valence-electron chi connectivity index (χ3n) is 4.19. The predicted molar refractivity (Wildman–Crippen MR) is 111 cm³/mol. The predicted octanol–water partition coefficient (Wildman–Crippen LogP) is 3.07. The largest absolute Gasteiger partial charge is 0.497 e. The maximum atomic E-state index is 12.6. The van der Waals surface area contributed by atoms with E-state index in [1.54, 1.807) is 18.4 Å². The van der Waals surface area contributed by atoms with Crippen molar-refractivity contribution in [1.29, 1.82) is 0 Å². The average Bonchev–Trinajstić information content (AvgIpc) is 3.41. The van der Waals surface area contributed by atoms with Crippen LogP contribution in [0.3, 0.4) is 0 Å². The molecule has 146 valence electrons. The van der Waals surface area contributed by atoms with E-state index in [1.807, 2.05) is 54.6 Å². The molecule has 0 bridgehead atoms. The van der Waals surface area contributed by atoms with E-state index in [9.17, 15) is 4.79 Å². The number of hydrogen-bond acceptors (Lipinski definition) is 7. The Morgan fingerprint density at radius 3 is 2.93 bits per heavy atom. The molecule has 0 aliphatic carbocycles. The number of methoxy groups -OCH3 is 1. The Labute approximate surface area is 170 Å². The third-order valence-corrected chi connectivity index (χ3v) is 5.30. The number of carbonyl (C=O) groups excluding carboxylic acids is 1. The monoisotopic (exact) mass is 406 g/mol. The van der Waals surface area contributed by atoms with Gasteiger partial charge in [0.15, 0.2) is 5.82 Å². The Kier molecular flexibility index (Phi) is 5.57. The Balaban J connectivity index is 1.62. The molecule has 0 atom stereocenters. The summed E-state index contributed by atoms with van der Waals surface area (Å²) in [5, 5.41) is 17.2. The van der Waals surface area contributed by atoms with E-state index in [-0.39, 0.29) is 18.9 Å². The summed E-state index contributed by atoms with van der Waals surface area (Å²) in [4.78, 5) is 17.3. The van der Waals surface area contributed by atoms with Crippen LogP contribution in [0.25, 0.3) is 21.9 Å². The highest BCUT2D eigenvalue weighted by molar-refractivity contribution is 7.19. The Morgan fingerprint density at radius 1 is 1.24 bits per heavy atom. The van der Waals surface area contributed by atoms with Gasteiger partial charge in [0, 0.05) is 0 Å². The lowest BCUT2D eigenvalue weighted by atomic mass is 10.1. The van der Waals surface area contributed by atoms with Crippen molar-refractivity contribution in [2.45, 2.75) is 13.0 Å². The first kappa shape index (κ1) is 18.8. The van der Waals surface area contributed by atoms with Crippen molar-refractivity contribution >= 4 is 39.1 Å². The van der Waals surface area contributed by atoms with Gasteiger partial charge in [-0.3, -0.25) is 4.79 Å². The minimum Gasteiger partial charge on any atom is -0.497 e. The van der Waals surface area contributed by atoms with E-state index in [0.29, 0.717) is 5.82 Å². The number of nitrogens with zero attached hydrogens (tertiary/aromatic N) is 4. The molecule has 0 radical (unpaired) electrons. The molecular formula is C20H18N6O2S. The first-order chi connectivity index (χ1) is 14.2. The molecule has 4 aromatic rings. The van der Waals surface area contributed by atoms with Crippen LogP contribution in [-0.4, -0.2) is 38.6 Å². The third kappa shape index (κ3) is 4.64. The Morgan fingerprint density at radius 2 is 2.14 bits per heavy atom. The van der Waals surface area contributed by atoms with Crippen LogP contribution < -0.4 is 10.1 Å². The zero-order valence-corrected chi connectivity index (χ0v) is 16.4. The maximum Gasteiger partial charge on any atom is 0.224 e. The summed E-state index contributed by atoms with van der Waals surface area (Å²) in [6.07, 6.45) is 2.14. The summed E-state index contributed by atoms with van der Waals surface area (Å²) >= 11 is 1.56. The topological polar surface area (TPSA) is 106 Å². The van der Waals surface area contributed by atoms with Crippen LogP contribution in [0.2, 0.25) is 0 Å². The number of amides is 1. The fourth-order valence-corrected chi connectivity index (χ4v) is 3.78. The molecule has 29 heavy (non-hydrogen) atoms. The molecule has 4 rings (SSSR count). The van der Waals surface area contributed by atoms with E-state index in [1.165, 1.54) is 0 Å². The zero-order valence-electron chi connectivity index (χ0n) is 15.6. The Bertz CT molecular complexity index is 1120. The fourth-order valence-electron chi connectivity index (χ4n) is 2.80. The van der Waals surface area contributed by atoms with Crippen molar-refractivity contribution in [1.82, 2.24) is 30.9 Å². The van der Waals surface area contributed by atoms with Gasteiger partial charge in [-0.15, -0.1) is 21.5 Å². The number of fused-ring (bicyclic) bond motifs is 1. The van der Waals surface area contributed by atoms with Crippen molar-refractivity contribution in [3.63, 3.8) is 0 Å². The summed E-state index contributed by atoms with van der Waals surface area (Å²) in [5.41, 5.74) is 2.67. The Hall–Kier alpha value is -3.59. The number of thiazole rings is 1. The minimum atomic E-state index is -0.150. The van der Waals surface area contributed by atoms with Gasteiger partial charge in [-0.25, -0.2) is 4.98 Å². The van der Waals surface area contributed by atoms with Crippen LogP contribution in [-0.2, 0) is 11.3 Å². The highest BCUT2D eigenvalue weighted by Crippen LogP contribution is 2.30. The number of ether oxygens (including phenoxy) is 1. The molecule has 0 unspecified atom stereocenters. The van der Waals surface area contributed by atoms with Gasteiger partial charge in [0.2, 0.25) is 5.91 Å². The van der Waals surface area contributed by atoms with Gasteiger partial charge in [-0.05, 0) is 41.5 Å².